The van der Waals surface area contributed by atoms with Gasteiger partial charge in [0.25, 0.3) is 5.91 Å². The summed E-state index contributed by atoms with van der Waals surface area (Å²) in [5, 5.41) is 0. The smallest absolute Gasteiger partial charge is 0.260 e. The first-order valence-corrected chi connectivity index (χ1v) is 8.85. The minimum Gasteiger partial charge on any atom is -0.484 e. The van der Waals surface area contributed by atoms with Crippen LogP contribution < -0.4 is 9.64 Å². The van der Waals surface area contributed by atoms with E-state index in [1.54, 1.807) is 0 Å². The lowest BCUT2D eigenvalue weighted by molar-refractivity contribution is -0.133. The van der Waals surface area contributed by atoms with Gasteiger partial charge in [0.15, 0.2) is 6.61 Å². The number of amides is 1. The van der Waals surface area contributed by atoms with Gasteiger partial charge in [-0.05, 0) is 49.7 Å². The van der Waals surface area contributed by atoms with Crippen LogP contribution in [0.25, 0.3) is 0 Å². The lowest BCUT2D eigenvalue weighted by Gasteiger charge is -2.36. The average Bonchev–Trinajstić information content (AvgIpc) is 2.67. The van der Waals surface area contributed by atoms with E-state index in [9.17, 15) is 9.59 Å². The van der Waals surface area contributed by atoms with Crippen LogP contribution in [0.15, 0.2) is 42.5 Å². The SMILES string of the molecule is Cc1ccc(OCC(=O)N2CCN(c3ccc(C=O)c(C)c3)CC2)cc1. The van der Waals surface area contributed by atoms with Gasteiger partial charge in [0.2, 0.25) is 0 Å². The Balaban J connectivity index is 1.51. The van der Waals surface area contributed by atoms with Crippen molar-refractivity contribution in [2.45, 2.75) is 13.8 Å². The second-order valence-electron chi connectivity index (χ2n) is 6.63. The predicted octanol–water partition coefficient (Wildman–Crippen LogP) is 2.84. The van der Waals surface area contributed by atoms with E-state index in [1.165, 1.54) is 0 Å². The van der Waals surface area contributed by atoms with Gasteiger partial charge in [0.1, 0.15) is 12.0 Å². The zero-order chi connectivity index (χ0) is 18.5. The quantitative estimate of drug-likeness (QED) is 0.777. The Morgan fingerprint density at radius 3 is 2.35 bits per heavy atom. The van der Waals surface area contributed by atoms with E-state index in [0.717, 1.165) is 41.8 Å². The highest BCUT2D eigenvalue weighted by atomic mass is 16.5. The normalized spacial score (nSPS) is 14.2. The van der Waals surface area contributed by atoms with Crippen molar-refractivity contribution in [3.63, 3.8) is 0 Å². The summed E-state index contributed by atoms with van der Waals surface area (Å²) >= 11 is 0. The second-order valence-corrected chi connectivity index (χ2v) is 6.63. The van der Waals surface area contributed by atoms with Crippen LogP contribution in [0.2, 0.25) is 0 Å². The Labute approximate surface area is 154 Å². The van der Waals surface area contributed by atoms with Crippen LogP contribution in [-0.4, -0.2) is 49.9 Å². The highest BCUT2D eigenvalue weighted by Gasteiger charge is 2.21. The topological polar surface area (TPSA) is 49.9 Å². The molecule has 1 fully saturated rings. The number of ether oxygens (including phenoxy) is 1. The number of aldehydes is 1. The van der Waals surface area contributed by atoms with Gasteiger partial charge >= 0.3 is 0 Å². The average molecular weight is 352 g/mol. The summed E-state index contributed by atoms with van der Waals surface area (Å²) in [5.74, 6) is 0.728. The molecule has 2 aromatic carbocycles. The molecule has 0 radical (unpaired) electrons. The number of piperazine rings is 1. The highest BCUT2D eigenvalue weighted by molar-refractivity contribution is 5.79. The summed E-state index contributed by atoms with van der Waals surface area (Å²) < 4.78 is 5.59. The predicted molar refractivity (Wildman–Crippen MR) is 102 cm³/mol. The van der Waals surface area contributed by atoms with Gasteiger partial charge in [-0.25, -0.2) is 0 Å². The molecule has 5 nitrogen and oxygen atoms in total. The number of benzene rings is 2. The molecule has 1 amide bonds. The fraction of sp³-hybridized carbons (Fsp3) is 0.333. The molecule has 0 atom stereocenters. The molecule has 5 heteroatoms. The van der Waals surface area contributed by atoms with Gasteiger partial charge in [-0.3, -0.25) is 9.59 Å². The summed E-state index contributed by atoms with van der Waals surface area (Å²) in [4.78, 5) is 27.4. The summed E-state index contributed by atoms with van der Waals surface area (Å²) in [7, 11) is 0. The summed E-state index contributed by atoms with van der Waals surface area (Å²) in [6.07, 6.45) is 0.879. The lowest BCUT2D eigenvalue weighted by Crippen LogP contribution is -2.50. The first-order valence-electron chi connectivity index (χ1n) is 8.85. The molecule has 1 saturated heterocycles. The van der Waals surface area contributed by atoms with Crippen LogP contribution in [0.1, 0.15) is 21.5 Å². The molecule has 136 valence electrons. The van der Waals surface area contributed by atoms with Crippen molar-refractivity contribution in [1.82, 2.24) is 4.90 Å². The molecule has 0 spiro atoms. The molecule has 0 aliphatic carbocycles. The third-order valence-electron chi connectivity index (χ3n) is 4.76. The van der Waals surface area contributed by atoms with Gasteiger partial charge in [0.05, 0.1) is 0 Å². The standard InChI is InChI=1S/C21H24N2O3/c1-16-3-7-20(8-4-16)26-15-21(25)23-11-9-22(10-12-23)19-6-5-18(14-24)17(2)13-19/h3-8,13-14H,9-12,15H2,1-2H3. The number of hydrogen-bond acceptors (Lipinski definition) is 4. The van der Waals surface area contributed by atoms with E-state index in [0.29, 0.717) is 18.8 Å². The molecule has 1 heterocycles. The molecular formula is C21H24N2O3. The minimum atomic E-state index is 0.0118. The summed E-state index contributed by atoms with van der Waals surface area (Å²) in [6.45, 7) is 6.91. The Hall–Kier alpha value is -2.82. The van der Waals surface area contributed by atoms with Gasteiger partial charge in [0, 0.05) is 37.4 Å². The molecule has 0 bridgehead atoms. The maximum absolute atomic E-state index is 12.4. The van der Waals surface area contributed by atoms with Crippen LogP contribution in [0.3, 0.4) is 0 Å². The van der Waals surface area contributed by atoms with Crippen LogP contribution in [0.4, 0.5) is 5.69 Å². The van der Waals surface area contributed by atoms with Crippen molar-refractivity contribution < 1.29 is 14.3 Å². The summed E-state index contributed by atoms with van der Waals surface area (Å²) in [5.41, 5.74) is 3.95. The largest absolute Gasteiger partial charge is 0.484 e. The van der Waals surface area contributed by atoms with Crippen LogP contribution in [0.5, 0.6) is 5.75 Å². The van der Waals surface area contributed by atoms with Crippen molar-refractivity contribution in [2.75, 3.05) is 37.7 Å². The number of carbonyl (C=O) groups is 2. The Morgan fingerprint density at radius 2 is 1.73 bits per heavy atom. The van der Waals surface area contributed by atoms with Crippen LogP contribution >= 0.6 is 0 Å². The number of aryl methyl sites for hydroxylation is 2. The number of rotatable bonds is 5. The molecule has 0 saturated carbocycles. The molecule has 0 unspecified atom stereocenters. The van der Waals surface area contributed by atoms with Gasteiger partial charge in [-0.1, -0.05) is 17.7 Å². The van der Waals surface area contributed by atoms with E-state index in [4.69, 9.17) is 4.74 Å². The number of nitrogens with zero attached hydrogens (tertiary/aromatic N) is 2. The maximum Gasteiger partial charge on any atom is 0.260 e. The minimum absolute atomic E-state index is 0.0118. The van der Waals surface area contributed by atoms with Crippen molar-refractivity contribution in [2.24, 2.45) is 0 Å². The van der Waals surface area contributed by atoms with E-state index < -0.39 is 0 Å². The Kier molecular flexibility index (Phi) is 5.56. The van der Waals surface area contributed by atoms with Crippen molar-refractivity contribution in [3.8, 4) is 5.75 Å². The lowest BCUT2D eigenvalue weighted by atomic mass is 10.1. The molecule has 0 aromatic heterocycles. The molecule has 26 heavy (non-hydrogen) atoms. The van der Waals surface area contributed by atoms with E-state index in [2.05, 4.69) is 4.90 Å². The third kappa shape index (κ3) is 4.23. The van der Waals surface area contributed by atoms with Crippen molar-refractivity contribution >= 4 is 17.9 Å². The first kappa shape index (κ1) is 18.0. The van der Waals surface area contributed by atoms with Gasteiger partial charge in [-0.15, -0.1) is 0 Å². The second kappa shape index (κ2) is 8.04. The molecule has 1 aliphatic heterocycles. The van der Waals surface area contributed by atoms with Crippen LogP contribution in [-0.2, 0) is 4.79 Å². The maximum atomic E-state index is 12.4. The number of anilines is 1. The highest BCUT2D eigenvalue weighted by Crippen LogP contribution is 2.20. The van der Waals surface area contributed by atoms with Gasteiger partial charge < -0.3 is 14.5 Å². The molecule has 3 rings (SSSR count). The number of carbonyl (C=O) groups excluding carboxylic acids is 2. The molecule has 2 aromatic rings. The van der Waals surface area contributed by atoms with E-state index >= 15 is 0 Å². The Morgan fingerprint density at radius 1 is 1.04 bits per heavy atom. The van der Waals surface area contributed by atoms with Crippen molar-refractivity contribution in [1.29, 1.82) is 0 Å². The Bertz CT molecular complexity index is 778. The molecule has 1 aliphatic rings. The zero-order valence-corrected chi connectivity index (χ0v) is 15.3. The first-order chi connectivity index (χ1) is 12.6. The molecule has 0 N–H and O–H groups in total. The summed E-state index contributed by atoms with van der Waals surface area (Å²) in [6, 6.07) is 13.5. The van der Waals surface area contributed by atoms with Crippen LogP contribution in [0, 0.1) is 13.8 Å². The zero-order valence-electron chi connectivity index (χ0n) is 15.3. The fourth-order valence-electron chi connectivity index (χ4n) is 3.07. The van der Waals surface area contributed by atoms with Crippen molar-refractivity contribution in [3.05, 3.63) is 59.2 Å². The molecular weight excluding hydrogens is 328 g/mol. The third-order valence-corrected chi connectivity index (χ3v) is 4.76. The monoisotopic (exact) mass is 352 g/mol. The van der Waals surface area contributed by atoms with E-state index in [1.807, 2.05) is 61.2 Å². The van der Waals surface area contributed by atoms with Gasteiger partial charge in [-0.2, -0.15) is 0 Å². The number of hydrogen-bond donors (Lipinski definition) is 0. The van der Waals surface area contributed by atoms with E-state index in [-0.39, 0.29) is 12.5 Å². The fourth-order valence-corrected chi connectivity index (χ4v) is 3.07.